The third-order valence-corrected chi connectivity index (χ3v) is 2.04. The van der Waals surface area contributed by atoms with Crippen LogP contribution in [0, 0.1) is 0 Å². The molecule has 0 saturated heterocycles. The first-order chi connectivity index (χ1) is 5.70. The highest BCUT2D eigenvalue weighted by atomic mass is 127. The summed E-state index contributed by atoms with van der Waals surface area (Å²) in [6.45, 7) is 3.42. The number of aromatic nitrogens is 2. The molecule has 5 nitrogen and oxygen atoms in total. The molecule has 1 heterocycles. The summed E-state index contributed by atoms with van der Waals surface area (Å²) in [5, 5.41) is 0. The lowest BCUT2D eigenvalue weighted by molar-refractivity contribution is 1.26. The minimum absolute atomic E-state index is 0.368. The molecule has 2 N–H and O–H groups in total. The molecule has 0 spiro atoms. The number of nitrogens with two attached hydrogens (primary N) is 1. The highest BCUT2D eigenvalue weighted by Crippen LogP contribution is 2.19. The lowest BCUT2D eigenvalue weighted by Gasteiger charge is -1.96. The summed E-state index contributed by atoms with van der Waals surface area (Å²) in [5.74, 6) is 0.992. The molecule has 1 rings (SSSR count). The zero-order valence-electron chi connectivity index (χ0n) is 6.53. The van der Waals surface area contributed by atoms with Crippen molar-refractivity contribution in [2.75, 3.05) is 7.05 Å². The second kappa shape index (κ2) is 3.65. The third kappa shape index (κ3) is 1.47. The quantitative estimate of drug-likeness (QED) is 0.492. The van der Waals surface area contributed by atoms with Gasteiger partial charge in [0.1, 0.15) is 17.9 Å². The Labute approximate surface area is 83.9 Å². The van der Waals surface area contributed by atoms with Gasteiger partial charge < -0.3 is 5.73 Å². The van der Waals surface area contributed by atoms with Crippen molar-refractivity contribution in [3.8, 4) is 0 Å². The van der Waals surface area contributed by atoms with E-state index < -0.39 is 0 Å². The summed E-state index contributed by atoms with van der Waals surface area (Å²) >= 11 is 2.04. The first kappa shape index (κ1) is 9.17. The van der Waals surface area contributed by atoms with Crippen LogP contribution < -0.4 is 5.73 Å². The van der Waals surface area contributed by atoms with Crippen molar-refractivity contribution in [2.45, 2.75) is 0 Å². The number of aliphatic imine (C=N–C) groups is 2. The fourth-order valence-electron chi connectivity index (χ4n) is 0.751. The van der Waals surface area contributed by atoms with Crippen LogP contribution in [-0.2, 0) is 0 Å². The first-order valence-electron chi connectivity index (χ1n) is 3.13. The van der Waals surface area contributed by atoms with E-state index in [1.165, 1.54) is 0 Å². The molecule has 0 radical (unpaired) electrons. The van der Waals surface area contributed by atoms with Gasteiger partial charge in [0.2, 0.25) is 0 Å². The molecule has 0 aliphatic carbocycles. The smallest absolute Gasteiger partial charge is 0.172 e. The number of nitrogens with zero attached hydrogens (tertiary/aromatic N) is 4. The van der Waals surface area contributed by atoms with E-state index in [-0.39, 0.29) is 0 Å². The number of amidine groups is 1. The summed E-state index contributed by atoms with van der Waals surface area (Å²) in [6, 6.07) is 0. The Morgan fingerprint density at radius 1 is 1.83 bits per heavy atom. The Balaban J connectivity index is 3.24. The van der Waals surface area contributed by atoms with Crippen molar-refractivity contribution < 1.29 is 0 Å². The summed E-state index contributed by atoms with van der Waals surface area (Å²) in [5.41, 5.74) is 6.14. The SMILES string of the molecule is C=Nc1c(C(N)=NC)ncn1I. The molecule has 64 valence electrons. The van der Waals surface area contributed by atoms with E-state index in [1.807, 2.05) is 22.9 Å². The van der Waals surface area contributed by atoms with Crippen molar-refractivity contribution >= 4 is 41.2 Å². The molecule has 0 fully saturated rings. The molecule has 0 atom stereocenters. The zero-order valence-corrected chi connectivity index (χ0v) is 8.69. The fraction of sp³-hybridized carbons (Fsp3) is 0.167. The monoisotopic (exact) mass is 277 g/mol. The van der Waals surface area contributed by atoms with Crippen LogP contribution in [0.1, 0.15) is 5.69 Å². The lowest BCUT2D eigenvalue weighted by Crippen LogP contribution is -2.13. The van der Waals surface area contributed by atoms with Gasteiger partial charge >= 0.3 is 0 Å². The van der Waals surface area contributed by atoms with E-state index in [0.29, 0.717) is 17.3 Å². The van der Waals surface area contributed by atoms with Crippen molar-refractivity contribution in [3.05, 3.63) is 12.0 Å². The Hall–Kier alpha value is -0.920. The molecule has 1 aromatic heterocycles. The molecule has 0 bridgehead atoms. The van der Waals surface area contributed by atoms with Gasteiger partial charge in [0.05, 0.1) is 22.9 Å². The highest BCUT2D eigenvalue weighted by molar-refractivity contribution is 14.1. The maximum Gasteiger partial charge on any atom is 0.172 e. The van der Waals surface area contributed by atoms with E-state index >= 15 is 0 Å². The van der Waals surface area contributed by atoms with Crippen LogP contribution in [0.25, 0.3) is 0 Å². The summed E-state index contributed by atoms with van der Waals surface area (Å²) in [7, 11) is 1.61. The van der Waals surface area contributed by atoms with E-state index in [1.54, 1.807) is 16.2 Å². The fourth-order valence-corrected chi connectivity index (χ4v) is 1.26. The number of imidazole rings is 1. The van der Waals surface area contributed by atoms with E-state index in [4.69, 9.17) is 5.73 Å². The molecule has 12 heavy (non-hydrogen) atoms. The number of rotatable bonds is 2. The van der Waals surface area contributed by atoms with Crippen molar-refractivity contribution in [1.82, 2.24) is 7.76 Å². The minimum Gasteiger partial charge on any atom is -0.382 e. The van der Waals surface area contributed by atoms with E-state index in [0.717, 1.165) is 0 Å². The van der Waals surface area contributed by atoms with Crippen molar-refractivity contribution in [2.24, 2.45) is 15.7 Å². The van der Waals surface area contributed by atoms with Gasteiger partial charge in [-0.15, -0.1) is 0 Å². The Morgan fingerprint density at radius 2 is 2.50 bits per heavy atom. The molecule has 0 unspecified atom stereocenters. The maximum absolute atomic E-state index is 5.57. The van der Waals surface area contributed by atoms with Gasteiger partial charge in [-0.05, 0) is 6.72 Å². The first-order valence-corrected chi connectivity index (χ1v) is 4.10. The van der Waals surface area contributed by atoms with Gasteiger partial charge in [-0.2, -0.15) is 0 Å². The van der Waals surface area contributed by atoms with Crippen LogP contribution in [-0.4, -0.2) is 27.4 Å². The molecule has 0 aromatic carbocycles. The van der Waals surface area contributed by atoms with Crippen LogP contribution in [0.2, 0.25) is 0 Å². The Kier molecular flexibility index (Phi) is 2.79. The topological polar surface area (TPSA) is 68.6 Å². The van der Waals surface area contributed by atoms with Gasteiger partial charge in [0, 0.05) is 7.05 Å². The highest BCUT2D eigenvalue weighted by Gasteiger charge is 2.10. The van der Waals surface area contributed by atoms with Crippen LogP contribution in [0.15, 0.2) is 16.3 Å². The molecule has 0 saturated carbocycles. The van der Waals surface area contributed by atoms with Crippen LogP contribution in [0.5, 0.6) is 0 Å². The molecule has 6 heteroatoms. The van der Waals surface area contributed by atoms with Gasteiger partial charge in [0.15, 0.2) is 5.82 Å². The summed E-state index contributed by atoms with van der Waals surface area (Å²) in [4.78, 5) is 11.6. The van der Waals surface area contributed by atoms with Crippen LogP contribution >= 0.6 is 22.9 Å². The zero-order chi connectivity index (χ0) is 9.14. The van der Waals surface area contributed by atoms with E-state index in [2.05, 4.69) is 21.7 Å². The number of hydrogen-bond acceptors (Lipinski definition) is 3. The molecular weight excluding hydrogens is 269 g/mol. The van der Waals surface area contributed by atoms with Crippen molar-refractivity contribution in [1.29, 1.82) is 0 Å². The largest absolute Gasteiger partial charge is 0.382 e. The van der Waals surface area contributed by atoms with Crippen molar-refractivity contribution in [3.63, 3.8) is 0 Å². The van der Waals surface area contributed by atoms with Gasteiger partial charge in [-0.3, -0.25) is 7.77 Å². The molecule has 0 aliphatic rings. The normalized spacial score (nSPS) is 11.7. The average molecular weight is 277 g/mol. The van der Waals surface area contributed by atoms with Gasteiger partial charge in [-0.1, -0.05) is 0 Å². The molecule has 0 aliphatic heterocycles. The van der Waals surface area contributed by atoms with Crippen LogP contribution in [0.3, 0.4) is 0 Å². The maximum atomic E-state index is 5.57. The average Bonchev–Trinajstić information content (AvgIpc) is 2.45. The summed E-state index contributed by atoms with van der Waals surface area (Å²) in [6.07, 6.45) is 1.61. The Bertz CT molecular complexity index is 327. The standard InChI is InChI=1S/C6H8IN5/c1-9-5(8)4-6(10-2)12(7)3-11-4/h3H,2H2,1H3,(H2,8,9). The predicted octanol–water partition coefficient (Wildman–Crippen LogP) is 0.748. The Morgan fingerprint density at radius 3 is 3.00 bits per heavy atom. The van der Waals surface area contributed by atoms with Crippen LogP contribution in [0.4, 0.5) is 5.82 Å². The number of halogens is 1. The molecule has 0 amide bonds. The third-order valence-electron chi connectivity index (χ3n) is 1.34. The molecule has 1 aromatic rings. The second-order valence-corrected chi connectivity index (χ2v) is 3.03. The molecular formula is C6H8IN5. The van der Waals surface area contributed by atoms with E-state index in [9.17, 15) is 0 Å². The lowest BCUT2D eigenvalue weighted by atomic mass is 10.4. The number of hydrogen-bond donors (Lipinski definition) is 1. The minimum atomic E-state index is 0.368. The predicted molar refractivity (Wildman–Crippen MR) is 57.5 cm³/mol. The van der Waals surface area contributed by atoms with Gasteiger partial charge in [-0.25, -0.2) is 9.98 Å². The second-order valence-electron chi connectivity index (χ2n) is 1.99. The van der Waals surface area contributed by atoms with Gasteiger partial charge in [0.25, 0.3) is 0 Å². The summed E-state index contributed by atoms with van der Waals surface area (Å²) < 4.78 is 1.71.